The Hall–Kier alpha value is -1.26. The third-order valence-corrected chi connectivity index (χ3v) is 5.74. The first-order valence-corrected chi connectivity index (χ1v) is 10.3. The summed E-state index contributed by atoms with van der Waals surface area (Å²) in [5.41, 5.74) is 1.04. The van der Waals surface area contributed by atoms with Gasteiger partial charge in [0.15, 0.2) is 5.96 Å². The van der Waals surface area contributed by atoms with Crippen LogP contribution in [0, 0.1) is 6.92 Å². The Morgan fingerprint density at radius 1 is 1.46 bits per heavy atom. The third-order valence-electron chi connectivity index (χ3n) is 4.53. The van der Waals surface area contributed by atoms with Crippen molar-refractivity contribution in [1.82, 2.24) is 15.6 Å². The number of aryl methyl sites for hydroxylation is 1. The molecule has 0 bridgehead atoms. The van der Waals surface area contributed by atoms with E-state index in [0.717, 1.165) is 59.9 Å². The first-order chi connectivity index (χ1) is 13.1. The van der Waals surface area contributed by atoms with E-state index >= 15 is 0 Å². The molecule has 0 aliphatic carbocycles. The van der Waals surface area contributed by atoms with Gasteiger partial charge in [0.1, 0.15) is 5.75 Å². The van der Waals surface area contributed by atoms with Crippen LogP contribution in [0.5, 0.6) is 5.75 Å². The largest absolute Gasteiger partial charge is 0.495 e. The van der Waals surface area contributed by atoms with E-state index in [1.54, 1.807) is 25.5 Å². The second-order valence-corrected chi connectivity index (χ2v) is 8.26. The Morgan fingerprint density at radius 3 is 2.96 bits per heavy atom. The number of nitrogens with one attached hydrogen (secondary N) is 2. The van der Waals surface area contributed by atoms with Gasteiger partial charge in [0.2, 0.25) is 0 Å². The first-order valence-electron chi connectivity index (χ1n) is 9.06. The number of aliphatic imine (C=N–C) groups is 1. The lowest BCUT2D eigenvalue weighted by atomic mass is 10.2. The van der Waals surface area contributed by atoms with Crippen LogP contribution in [0.1, 0.15) is 16.3 Å². The smallest absolute Gasteiger partial charge is 0.191 e. The van der Waals surface area contributed by atoms with Crippen LogP contribution in [0.15, 0.2) is 29.4 Å². The Balaban J connectivity index is 0.00000280. The molecule has 2 N–H and O–H groups in total. The van der Waals surface area contributed by atoms with Crippen molar-refractivity contribution in [2.45, 2.75) is 25.8 Å². The molecule has 1 unspecified atom stereocenters. The maximum atomic E-state index is 6.17. The van der Waals surface area contributed by atoms with E-state index < -0.39 is 0 Å². The highest BCUT2D eigenvalue weighted by atomic mass is 127. The number of aromatic nitrogens is 1. The summed E-state index contributed by atoms with van der Waals surface area (Å²) in [7, 11) is 3.49. The zero-order chi connectivity index (χ0) is 19.2. The van der Waals surface area contributed by atoms with E-state index in [1.807, 2.05) is 24.4 Å². The fourth-order valence-electron chi connectivity index (χ4n) is 3.20. The van der Waals surface area contributed by atoms with E-state index in [4.69, 9.17) is 16.3 Å². The highest BCUT2D eigenvalue weighted by molar-refractivity contribution is 14.0. The summed E-state index contributed by atoms with van der Waals surface area (Å²) in [6.45, 7) is 4.72. The number of anilines is 1. The number of hydrogen-bond acceptors (Lipinski definition) is 5. The minimum Gasteiger partial charge on any atom is -0.495 e. The zero-order valence-corrected chi connectivity index (χ0v) is 20.3. The number of benzene rings is 1. The summed E-state index contributed by atoms with van der Waals surface area (Å²) in [5.74, 6) is 1.68. The average molecular weight is 536 g/mol. The molecule has 1 atom stereocenters. The molecule has 0 spiro atoms. The molecule has 3 rings (SSSR count). The van der Waals surface area contributed by atoms with Crippen molar-refractivity contribution >= 4 is 58.6 Å². The van der Waals surface area contributed by atoms with Crippen LogP contribution in [0.2, 0.25) is 5.02 Å². The maximum Gasteiger partial charge on any atom is 0.191 e. The molecule has 28 heavy (non-hydrogen) atoms. The quantitative estimate of drug-likeness (QED) is 0.335. The van der Waals surface area contributed by atoms with Gasteiger partial charge in [0.25, 0.3) is 0 Å². The average Bonchev–Trinajstić information content (AvgIpc) is 3.30. The zero-order valence-electron chi connectivity index (χ0n) is 16.4. The van der Waals surface area contributed by atoms with Gasteiger partial charge in [-0.25, -0.2) is 4.98 Å². The van der Waals surface area contributed by atoms with Crippen molar-refractivity contribution in [2.24, 2.45) is 4.99 Å². The first kappa shape index (κ1) is 23.0. The molecule has 1 aromatic heterocycles. The number of rotatable bonds is 6. The predicted octanol–water partition coefficient (Wildman–Crippen LogP) is 3.72. The van der Waals surface area contributed by atoms with Crippen LogP contribution in [-0.2, 0) is 6.42 Å². The van der Waals surface area contributed by atoms with E-state index in [0.29, 0.717) is 6.04 Å². The molecule has 0 saturated carbocycles. The standard InChI is InChI=1S/C19H26ClN5OS.HI/c1-13-11-23-18(27-13)6-8-22-19(21-2)24-15-7-9-25(12-15)16-10-14(20)4-5-17(16)26-3;/h4-5,10-11,15H,6-9,12H2,1-3H3,(H2,21,22,24);1H. The van der Waals surface area contributed by atoms with Gasteiger partial charge in [-0.1, -0.05) is 11.6 Å². The van der Waals surface area contributed by atoms with Gasteiger partial charge in [-0.15, -0.1) is 35.3 Å². The molecule has 1 saturated heterocycles. The Kier molecular flexibility index (Phi) is 9.10. The van der Waals surface area contributed by atoms with E-state index in [9.17, 15) is 0 Å². The van der Waals surface area contributed by atoms with Crippen LogP contribution in [-0.4, -0.2) is 50.8 Å². The molecule has 6 nitrogen and oxygen atoms in total. The number of halogens is 2. The van der Waals surface area contributed by atoms with Gasteiger partial charge in [-0.3, -0.25) is 4.99 Å². The van der Waals surface area contributed by atoms with E-state index in [1.165, 1.54) is 4.88 Å². The van der Waals surface area contributed by atoms with Gasteiger partial charge in [-0.2, -0.15) is 0 Å². The molecule has 9 heteroatoms. The van der Waals surface area contributed by atoms with Crippen LogP contribution < -0.4 is 20.3 Å². The lowest BCUT2D eigenvalue weighted by Gasteiger charge is -2.22. The van der Waals surface area contributed by atoms with Crippen molar-refractivity contribution in [3.05, 3.63) is 39.3 Å². The second kappa shape index (κ2) is 11.1. The van der Waals surface area contributed by atoms with Gasteiger partial charge in [-0.05, 0) is 31.5 Å². The summed E-state index contributed by atoms with van der Waals surface area (Å²) in [5, 5.41) is 8.77. The fourth-order valence-corrected chi connectivity index (χ4v) is 4.15. The van der Waals surface area contributed by atoms with E-state index in [-0.39, 0.29) is 24.0 Å². The highest BCUT2D eigenvalue weighted by Gasteiger charge is 2.25. The number of methoxy groups -OCH3 is 1. The topological polar surface area (TPSA) is 61.8 Å². The molecule has 0 radical (unpaired) electrons. The summed E-state index contributed by atoms with van der Waals surface area (Å²) in [6, 6.07) is 6.05. The van der Waals surface area contributed by atoms with Crippen molar-refractivity contribution in [2.75, 3.05) is 38.7 Å². The Morgan fingerprint density at radius 2 is 2.29 bits per heavy atom. The van der Waals surface area contributed by atoms with Crippen molar-refractivity contribution < 1.29 is 4.74 Å². The maximum absolute atomic E-state index is 6.17. The number of ether oxygens (including phenoxy) is 1. The fraction of sp³-hybridized carbons (Fsp3) is 0.474. The van der Waals surface area contributed by atoms with Crippen molar-refractivity contribution in [3.8, 4) is 5.75 Å². The van der Waals surface area contributed by atoms with Crippen LogP contribution in [0.3, 0.4) is 0 Å². The molecule has 154 valence electrons. The van der Waals surface area contributed by atoms with Crippen LogP contribution >= 0.6 is 46.9 Å². The SMILES string of the molecule is CN=C(NCCc1ncc(C)s1)NC1CCN(c2cc(Cl)ccc2OC)C1.I. The molecular formula is C19H27ClIN5OS. The minimum absolute atomic E-state index is 0. The third kappa shape index (κ3) is 6.12. The normalized spacial score (nSPS) is 16.6. The highest BCUT2D eigenvalue weighted by Crippen LogP contribution is 2.33. The van der Waals surface area contributed by atoms with Crippen LogP contribution in [0.4, 0.5) is 5.69 Å². The molecule has 0 amide bonds. The molecule has 1 aliphatic rings. The number of nitrogens with zero attached hydrogens (tertiary/aromatic N) is 3. The Bertz CT molecular complexity index is 800. The monoisotopic (exact) mass is 535 g/mol. The Labute approximate surface area is 192 Å². The van der Waals surface area contributed by atoms with Gasteiger partial charge >= 0.3 is 0 Å². The summed E-state index contributed by atoms with van der Waals surface area (Å²) in [4.78, 5) is 12.3. The van der Waals surface area contributed by atoms with Gasteiger partial charge in [0, 0.05) is 55.2 Å². The van der Waals surface area contributed by atoms with Crippen molar-refractivity contribution in [3.63, 3.8) is 0 Å². The molecule has 1 fully saturated rings. The molecular weight excluding hydrogens is 509 g/mol. The molecule has 1 aromatic carbocycles. The summed E-state index contributed by atoms with van der Waals surface area (Å²) >= 11 is 7.92. The number of guanidine groups is 1. The van der Waals surface area contributed by atoms with Crippen LogP contribution in [0.25, 0.3) is 0 Å². The number of thiazole rings is 1. The molecule has 1 aliphatic heterocycles. The van der Waals surface area contributed by atoms with Crippen molar-refractivity contribution in [1.29, 1.82) is 0 Å². The summed E-state index contributed by atoms with van der Waals surface area (Å²) < 4.78 is 5.49. The van der Waals surface area contributed by atoms with E-state index in [2.05, 4.69) is 32.4 Å². The predicted molar refractivity (Wildman–Crippen MR) is 129 cm³/mol. The second-order valence-electron chi connectivity index (χ2n) is 6.51. The number of hydrogen-bond donors (Lipinski definition) is 2. The molecule has 2 heterocycles. The molecule has 2 aromatic rings. The lowest BCUT2D eigenvalue weighted by molar-refractivity contribution is 0.415. The van der Waals surface area contributed by atoms with Gasteiger partial charge in [0.05, 0.1) is 17.8 Å². The van der Waals surface area contributed by atoms with Gasteiger partial charge < -0.3 is 20.3 Å². The lowest BCUT2D eigenvalue weighted by Crippen LogP contribution is -2.45. The minimum atomic E-state index is 0. The summed E-state index contributed by atoms with van der Waals surface area (Å²) in [6.07, 6.45) is 3.85.